The van der Waals surface area contributed by atoms with E-state index in [9.17, 15) is 4.79 Å². The van der Waals surface area contributed by atoms with Crippen molar-refractivity contribution >= 4 is 17.5 Å². The molecule has 1 unspecified atom stereocenters. The number of fused-ring (bicyclic) bond motifs is 1. The number of hydrogen-bond donors (Lipinski definition) is 2. The molecule has 3 aliphatic rings. The van der Waals surface area contributed by atoms with Crippen molar-refractivity contribution in [2.24, 2.45) is 10.2 Å². The summed E-state index contributed by atoms with van der Waals surface area (Å²) in [6.45, 7) is 6.17. The van der Waals surface area contributed by atoms with E-state index in [1.807, 2.05) is 32.0 Å². The Morgan fingerprint density at radius 3 is 2.85 bits per heavy atom. The van der Waals surface area contributed by atoms with E-state index in [0.717, 1.165) is 33.5 Å². The number of methoxy groups -OCH3 is 1. The molecule has 3 aliphatic heterocycles. The summed E-state index contributed by atoms with van der Waals surface area (Å²) in [6, 6.07) is 10.0. The summed E-state index contributed by atoms with van der Waals surface area (Å²) in [5.74, 6) is 0.317. The van der Waals surface area contributed by atoms with Crippen LogP contribution < -0.4 is 15.4 Å². The molecule has 0 saturated carbocycles. The van der Waals surface area contributed by atoms with Crippen molar-refractivity contribution < 1.29 is 9.53 Å². The third-order valence-electron chi connectivity index (χ3n) is 6.75. The Labute approximate surface area is 198 Å². The zero-order valence-corrected chi connectivity index (χ0v) is 19.8. The first kappa shape index (κ1) is 21.6. The third kappa shape index (κ3) is 3.25. The molecule has 170 valence electrons. The molecular weight excluding hydrogens is 438 g/mol. The lowest BCUT2D eigenvalue weighted by Gasteiger charge is -2.48. The number of carbonyl (C=O) groups excluding carboxylic acids is 1. The number of ether oxygens (including phenoxy) is 1. The number of carbonyl (C=O) groups is 1. The Bertz CT molecular complexity index is 1250. The second-order valence-corrected chi connectivity index (χ2v) is 9.63. The lowest BCUT2D eigenvalue weighted by Crippen LogP contribution is -2.58. The highest BCUT2D eigenvalue weighted by Crippen LogP contribution is 2.51. The van der Waals surface area contributed by atoms with Crippen LogP contribution in [0.4, 0.5) is 0 Å². The van der Waals surface area contributed by atoms with Crippen LogP contribution in [0.15, 0.2) is 69.8 Å². The summed E-state index contributed by atoms with van der Waals surface area (Å²) in [4.78, 5) is 17.7. The molecule has 0 bridgehead atoms. The summed E-state index contributed by atoms with van der Waals surface area (Å²) in [5.41, 5.74) is 4.40. The first-order chi connectivity index (χ1) is 15.8. The molecule has 0 spiro atoms. The average molecular weight is 464 g/mol. The number of rotatable bonds is 4. The predicted molar refractivity (Wildman–Crippen MR) is 127 cm³/mol. The third-order valence-corrected chi connectivity index (χ3v) is 7.12. The molecule has 5 rings (SSSR count). The molecule has 2 N–H and O–H groups in total. The van der Waals surface area contributed by atoms with Crippen LogP contribution >= 0.6 is 11.6 Å². The van der Waals surface area contributed by atoms with Crippen molar-refractivity contribution in [2.45, 2.75) is 50.7 Å². The number of nitrogens with one attached hydrogen (secondary N) is 2. The minimum absolute atomic E-state index is 0.0594. The Morgan fingerprint density at radius 1 is 1.27 bits per heavy atom. The van der Waals surface area contributed by atoms with E-state index in [1.54, 1.807) is 19.5 Å². The Kier molecular flexibility index (Phi) is 5.05. The van der Waals surface area contributed by atoms with E-state index < -0.39 is 5.41 Å². The lowest BCUT2D eigenvalue weighted by molar-refractivity contribution is -0.120. The summed E-state index contributed by atoms with van der Waals surface area (Å²) >= 11 is 6.59. The predicted octanol–water partition coefficient (Wildman–Crippen LogP) is 4.89. The number of benzene rings is 1. The molecule has 0 radical (unpaired) electrons. The normalized spacial score (nSPS) is 25.1. The topological polar surface area (TPSA) is 88.0 Å². The van der Waals surface area contributed by atoms with Crippen LogP contribution in [0.5, 0.6) is 5.88 Å². The maximum atomic E-state index is 13.5. The maximum Gasteiger partial charge on any atom is 0.250 e. The van der Waals surface area contributed by atoms with E-state index in [-0.39, 0.29) is 17.6 Å². The van der Waals surface area contributed by atoms with E-state index in [1.165, 1.54) is 0 Å². The van der Waals surface area contributed by atoms with Crippen molar-refractivity contribution in [1.29, 1.82) is 0 Å². The van der Waals surface area contributed by atoms with Gasteiger partial charge in [-0.1, -0.05) is 36.7 Å². The van der Waals surface area contributed by atoms with Gasteiger partial charge in [-0.3, -0.25) is 4.79 Å². The van der Waals surface area contributed by atoms with Crippen LogP contribution in [0, 0.1) is 0 Å². The quantitative estimate of drug-likeness (QED) is 0.675. The molecule has 0 aliphatic carbocycles. The first-order valence-electron chi connectivity index (χ1n) is 11.0. The molecule has 2 atom stereocenters. The van der Waals surface area contributed by atoms with Gasteiger partial charge in [-0.15, -0.1) is 0 Å². The van der Waals surface area contributed by atoms with Crippen molar-refractivity contribution in [3.63, 3.8) is 0 Å². The number of halogens is 1. The maximum absolute atomic E-state index is 13.5. The van der Waals surface area contributed by atoms with Gasteiger partial charge in [0.2, 0.25) is 5.88 Å². The van der Waals surface area contributed by atoms with Gasteiger partial charge in [-0.05, 0) is 43.5 Å². The zero-order chi connectivity index (χ0) is 23.4. The Hall–Kier alpha value is -3.19. The fourth-order valence-electron chi connectivity index (χ4n) is 5.35. The molecule has 1 amide bonds. The summed E-state index contributed by atoms with van der Waals surface area (Å²) in [6.07, 6.45) is 4.58. The molecule has 4 heterocycles. The van der Waals surface area contributed by atoms with Gasteiger partial charge in [0.05, 0.1) is 24.3 Å². The number of nitrogens with zero attached hydrogens (tertiary/aromatic N) is 3. The second kappa shape index (κ2) is 7.70. The molecule has 0 fully saturated rings. The lowest BCUT2D eigenvalue weighted by atomic mass is 9.62. The van der Waals surface area contributed by atoms with Crippen molar-refractivity contribution in [1.82, 2.24) is 15.6 Å². The first-order valence-corrected chi connectivity index (χ1v) is 11.4. The molecule has 1 aromatic carbocycles. The molecule has 2 aromatic rings. The van der Waals surface area contributed by atoms with Crippen LogP contribution in [0.3, 0.4) is 0 Å². The number of amides is 1. The summed E-state index contributed by atoms with van der Waals surface area (Å²) < 4.78 is 5.31. The summed E-state index contributed by atoms with van der Waals surface area (Å²) in [7, 11) is 1.55. The highest BCUT2D eigenvalue weighted by molar-refractivity contribution is 6.34. The molecule has 7 nitrogen and oxygen atoms in total. The second-order valence-electron chi connectivity index (χ2n) is 9.25. The van der Waals surface area contributed by atoms with Gasteiger partial charge in [0, 0.05) is 35.0 Å². The van der Waals surface area contributed by atoms with Crippen molar-refractivity contribution in [2.75, 3.05) is 7.11 Å². The van der Waals surface area contributed by atoms with E-state index in [0.29, 0.717) is 23.7 Å². The zero-order valence-electron chi connectivity index (χ0n) is 19.1. The fourth-order valence-corrected chi connectivity index (χ4v) is 5.65. The minimum Gasteiger partial charge on any atom is -0.480 e. The monoisotopic (exact) mass is 463 g/mol. The largest absolute Gasteiger partial charge is 0.480 e. The standard InChI is InChI=1S/C25H26ClN5O2/c1-5-25(15-8-6-7-14(11-15)16-9-10-27-23(33-4)20(16)26)17-13-28-31-21(17)29-18-12-24(2,3)30-22(32)19(18)25/h6-11,13,21,29H,5,12H2,1-4H3,(H,30,32)/t21?,25-/m1/s1. The van der Waals surface area contributed by atoms with E-state index >= 15 is 0 Å². The van der Waals surface area contributed by atoms with Gasteiger partial charge in [-0.25, -0.2) is 4.98 Å². The number of pyridine rings is 1. The molecule has 8 heteroatoms. The van der Waals surface area contributed by atoms with Gasteiger partial charge >= 0.3 is 0 Å². The van der Waals surface area contributed by atoms with E-state index in [4.69, 9.17) is 16.3 Å². The van der Waals surface area contributed by atoms with Gasteiger partial charge in [-0.2, -0.15) is 10.2 Å². The molecule has 1 aromatic heterocycles. The fraction of sp³-hybridized carbons (Fsp3) is 0.360. The van der Waals surface area contributed by atoms with Crippen LogP contribution in [-0.4, -0.2) is 29.7 Å². The van der Waals surface area contributed by atoms with E-state index in [2.05, 4.69) is 44.9 Å². The Morgan fingerprint density at radius 2 is 2.09 bits per heavy atom. The van der Waals surface area contributed by atoms with Crippen molar-refractivity contribution in [3.8, 4) is 17.0 Å². The van der Waals surface area contributed by atoms with Gasteiger partial charge in [0.1, 0.15) is 5.02 Å². The van der Waals surface area contributed by atoms with Gasteiger partial charge < -0.3 is 15.4 Å². The van der Waals surface area contributed by atoms with Crippen LogP contribution in [0.25, 0.3) is 11.1 Å². The number of hydrogen-bond acceptors (Lipinski definition) is 6. The minimum atomic E-state index is -0.658. The van der Waals surface area contributed by atoms with Crippen molar-refractivity contribution in [3.05, 3.63) is 70.2 Å². The summed E-state index contributed by atoms with van der Waals surface area (Å²) in [5, 5.41) is 15.8. The smallest absolute Gasteiger partial charge is 0.250 e. The van der Waals surface area contributed by atoms with Gasteiger partial charge in [0.25, 0.3) is 5.91 Å². The average Bonchev–Trinajstić information content (AvgIpc) is 3.26. The number of azo groups is 1. The number of aromatic nitrogens is 1. The Balaban J connectivity index is 1.73. The van der Waals surface area contributed by atoms with Crippen LogP contribution in [0.2, 0.25) is 5.02 Å². The SMILES string of the molecule is CC[C@@]1(c2cccc(-c3ccnc(OC)c3Cl)c2)C2=CN=NC2NC2=C1C(=O)NC(C)(C)C2. The van der Waals surface area contributed by atoms with Crippen LogP contribution in [0.1, 0.15) is 39.2 Å². The highest BCUT2D eigenvalue weighted by Gasteiger charge is 2.53. The molecule has 0 saturated heterocycles. The molecule has 33 heavy (non-hydrogen) atoms. The van der Waals surface area contributed by atoms with Crippen LogP contribution in [-0.2, 0) is 10.2 Å². The van der Waals surface area contributed by atoms with Gasteiger partial charge in [0.15, 0.2) is 6.17 Å². The molecular formula is C25H26ClN5O2. The highest BCUT2D eigenvalue weighted by atomic mass is 35.5.